The van der Waals surface area contributed by atoms with Crippen LogP contribution in [0.5, 0.6) is 0 Å². The molecule has 2 aromatic rings. The van der Waals surface area contributed by atoms with Gasteiger partial charge in [0.1, 0.15) is 5.82 Å². The second-order valence-electron chi connectivity index (χ2n) is 4.69. The summed E-state index contributed by atoms with van der Waals surface area (Å²) in [7, 11) is 2.02. The van der Waals surface area contributed by atoms with E-state index in [0.29, 0.717) is 6.54 Å². The fourth-order valence-corrected chi connectivity index (χ4v) is 2.60. The Morgan fingerprint density at radius 2 is 2.00 bits per heavy atom. The summed E-state index contributed by atoms with van der Waals surface area (Å²) >= 11 is 3.43. The van der Waals surface area contributed by atoms with Gasteiger partial charge in [-0.15, -0.1) is 0 Å². The third kappa shape index (κ3) is 2.96. The van der Waals surface area contributed by atoms with Crippen LogP contribution in [-0.4, -0.2) is 12.0 Å². The first-order valence-corrected chi connectivity index (χ1v) is 6.97. The van der Waals surface area contributed by atoms with E-state index in [1.165, 1.54) is 11.1 Å². The van der Waals surface area contributed by atoms with Gasteiger partial charge in [-0.3, -0.25) is 0 Å². The first-order chi connectivity index (χ1) is 9.02. The zero-order valence-electron chi connectivity index (χ0n) is 11.4. The summed E-state index contributed by atoms with van der Waals surface area (Å²) in [5, 5.41) is 0. The molecule has 2 rings (SSSR count). The van der Waals surface area contributed by atoms with Crippen LogP contribution in [0, 0.1) is 13.8 Å². The molecule has 0 bridgehead atoms. The number of anilines is 2. The monoisotopic (exact) mass is 319 g/mol. The maximum absolute atomic E-state index is 5.81. The van der Waals surface area contributed by atoms with E-state index >= 15 is 0 Å². The number of pyridine rings is 1. The Labute approximate surface area is 122 Å². The van der Waals surface area contributed by atoms with E-state index in [-0.39, 0.29) is 0 Å². The summed E-state index contributed by atoms with van der Waals surface area (Å²) in [6.45, 7) is 4.68. The lowest BCUT2D eigenvalue weighted by Crippen LogP contribution is -2.16. The van der Waals surface area contributed by atoms with Gasteiger partial charge in [0.2, 0.25) is 0 Å². The van der Waals surface area contributed by atoms with E-state index in [1.54, 1.807) is 6.20 Å². The molecule has 1 heterocycles. The third-order valence-electron chi connectivity index (χ3n) is 3.16. The average Bonchev–Trinajstić information content (AvgIpc) is 2.37. The highest BCUT2D eigenvalue weighted by molar-refractivity contribution is 9.10. The predicted molar refractivity (Wildman–Crippen MR) is 83.8 cm³/mol. The molecule has 1 aromatic carbocycles. The van der Waals surface area contributed by atoms with Crippen LogP contribution in [0.1, 0.15) is 16.7 Å². The Morgan fingerprint density at radius 3 is 2.63 bits per heavy atom. The van der Waals surface area contributed by atoms with E-state index in [2.05, 4.69) is 57.9 Å². The molecule has 0 radical (unpaired) electrons. The Morgan fingerprint density at radius 1 is 1.26 bits per heavy atom. The van der Waals surface area contributed by atoms with Crippen molar-refractivity contribution in [2.24, 2.45) is 5.73 Å². The number of rotatable bonds is 3. The predicted octanol–water partition coefficient (Wildman–Crippen LogP) is 3.69. The summed E-state index contributed by atoms with van der Waals surface area (Å²) in [5.41, 5.74) is 10.5. The van der Waals surface area contributed by atoms with Crippen LogP contribution in [0.2, 0.25) is 0 Å². The molecule has 4 heteroatoms. The van der Waals surface area contributed by atoms with Crippen LogP contribution < -0.4 is 10.6 Å². The molecular weight excluding hydrogens is 302 g/mol. The minimum atomic E-state index is 0.469. The average molecular weight is 320 g/mol. The standard InChI is InChI=1S/C15H18BrN3/c1-10-4-5-14(11(2)6-10)19(3)15-12(8-17)7-13(16)9-18-15/h4-7,9H,8,17H2,1-3H3. The Kier molecular flexibility index (Phi) is 4.22. The molecule has 0 spiro atoms. The normalized spacial score (nSPS) is 10.6. The molecule has 0 aliphatic carbocycles. The maximum Gasteiger partial charge on any atom is 0.137 e. The van der Waals surface area contributed by atoms with Gasteiger partial charge >= 0.3 is 0 Å². The highest BCUT2D eigenvalue weighted by atomic mass is 79.9. The van der Waals surface area contributed by atoms with Gasteiger partial charge in [-0.25, -0.2) is 4.98 Å². The fraction of sp³-hybridized carbons (Fsp3) is 0.267. The molecule has 0 unspecified atom stereocenters. The molecule has 0 saturated heterocycles. The van der Waals surface area contributed by atoms with Gasteiger partial charge in [0.15, 0.2) is 0 Å². The topological polar surface area (TPSA) is 42.2 Å². The number of benzene rings is 1. The second kappa shape index (κ2) is 5.72. The fourth-order valence-electron chi connectivity index (χ4n) is 2.22. The van der Waals surface area contributed by atoms with Crippen molar-refractivity contribution < 1.29 is 0 Å². The van der Waals surface area contributed by atoms with E-state index in [1.807, 2.05) is 13.1 Å². The van der Waals surface area contributed by atoms with Crippen LogP contribution in [0.4, 0.5) is 11.5 Å². The zero-order chi connectivity index (χ0) is 14.0. The van der Waals surface area contributed by atoms with E-state index in [4.69, 9.17) is 5.73 Å². The number of hydrogen-bond donors (Lipinski definition) is 1. The van der Waals surface area contributed by atoms with Crippen LogP contribution in [0.15, 0.2) is 34.9 Å². The Hall–Kier alpha value is -1.39. The molecule has 0 saturated carbocycles. The van der Waals surface area contributed by atoms with Crippen molar-refractivity contribution in [2.45, 2.75) is 20.4 Å². The minimum Gasteiger partial charge on any atom is -0.329 e. The van der Waals surface area contributed by atoms with Gasteiger partial charge in [-0.1, -0.05) is 17.7 Å². The van der Waals surface area contributed by atoms with Crippen LogP contribution >= 0.6 is 15.9 Å². The summed E-state index contributed by atoms with van der Waals surface area (Å²) in [4.78, 5) is 6.57. The second-order valence-corrected chi connectivity index (χ2v) is 5.61. The number of halogens is 1. The van der Waals surface area contributed by atoms with Gasteiger partial charge < -0.3 is 10.6 Å². The quantitative estimate of drug-likeness (QED) is 0.938. The van der Waals surface area contributed by atoms with Gasteiger partial charge in [0, 0.05) is 35.5 Å². The summed E-state index contributed by atoms with van der Waals surface area (Å²) < 4.78 is 0.950. The number of aryl methyl sites for hydroxylation is 2. The Balaban J connectivity index is 2.46. The van der Waals surface area contributed by atoms with Gasteiger partial charge in [-0.05, 0) is 47.5 Å². The molecule has 100 valence electrons. The number of aromatic nitrogens is 1. The Bertz CT molecular complexity index is 596. The number of nitrogens with zero attached hydrogens (tertiary/aromatic N) is 2. The third-order valence-corrected chi connectivity index (χ3v) is 3.59. The molecule has 0 atom stereocenters. The van der Waals surface area contributed by atoms with E-state index in [9.17, 15) is 0 Å². The van der Waals surface area contributed by atoms with Gasteiger partial charge in [0.05, 0.1) is 0 Å². The lowest BCUT2D eigenvalue weighted by molar-refractivity contribution is 1.00. The molecular formula is C15H18BrN3. The number of nitrogens with two attached hydrogens (primary N) is 1. The molecule has 0 aliphatic heterocycles. The van der Waals surface area contributed by atoms with Crippen molar-refractivity contribution in [3.63, 3.8) is 0 Å². The van der Waals surface area contributed by atoms with Crippen molar-refractivity contribution in [3.8, 4) is 0 Å². The van der Waals surface area contributed by atoms with E-state index < -0.39 is 0 Å². The van der Waals surface area contributed by atoms with Crippen molar-refractivity contribution in [1.29, 1.82) is 0 Å². The minimum absolute atomic E-state index is 0.469. The molecule has 0 fully saturated rings. The first kappa shape index (κ1) is 14.0. The highest BCUT2D eigenvalue weighted by Gasteiger charge is 2.12. The maximum atomic E-state index is 5.81. The lowest BCUT2D eigenvalue weighted by Gasteiger charge is -2.23. The summed E-state index contributed by atoms with van der Waals surface area (Å²) in [5.74, 6) is 0.901. The van der Waals surface area contributed by atoms with Crippen molar-refractivity contribution >= 4 is 27.4 Å². The SMILES string of the molecule is Cc1ccc(N(C)c2ncc(Br)cc2CN)c(C)c1. The smallest absolute Gasteiger partial charge is 0.137 e. The molecule has 3 nitrogen and oxygen atoms in total. The lowest BCUT2D eigenvalue weighted by atomic mass is 10.1. The number of hydrogen-bond acceptors (Lipinski definition) is 3. The molecule has 0 amide bonds. The summed E-state index contributed by atoms with van der Waals surface area (Å²) in [6, 6.07) is 8.42. The highest BCUT2D eigenvalue weighted by Crippen LogP contribution is 2.29. The molecule has 0 aliphatic rings. The summed E-state index contributed by atoms with van der Waals surface area (Å²) in [6.07, 6.45) is 1.80. The van der Waals surface area contributed by atoms with E-state index in [0.717, 1.165) is 21.5 Å². The van der Waals surface area contributed by atoms with Crippen molar-refractivity contribution in [1.82, 2.24) is 4.98 Å². The molecule has 1 aromatic heterocycles. The largest absolute Gasteiger partial charge is 0.329 e. The molecule has 19 heavy (non-hydrogen) atoms. The first-order valence-electron chi connectivity index (χ1n) is 6.18. The van der Waals surface area contributed by atoms with Crippen molar-refractivity contribution in [3.05, 3.63) is 51.6 Å². The van der Waals surface area contributed by atoms with Gasteiger partial charge in [0.25, 0.3) is 0 Å². The van der Waals surface area contributed by atoms with Crippen LogP contribution in [-0.2, 0) is 6.54 Å². The van der Waals surface area contributed by atoms with Crippen LogP contribution in [0.3, 0.4) is 0 Å². The van der Waals surface area contributed by atoms with Crippen molar-refractivity contribution in [2.75, 3.05) is 11.9 Å². The molecule has 2 N–H and O–H groups in total. The van der Waals surface area contributed by atoms with Gasteiger partial charge in [-0.2, -0.15) is 0 Å². The zero-order valence-corrected chi connectivity index (χ0v) is 13.0. The van der Waals surface area contributed by atoms with Crippen LogP contribution in [0.25, 0.3) is 0 Å².